The average Bonchev–Trinajstić information content (AvgIpc) is 2.98. The van der Waals surface area contributed by atoms with E-state index in [0.717, 1.165) is 18.9 Å². The third-order valence-electron chi connectivity index (χ3n) is 2.54. The molecule has 1 heterocycles. The highest BCUT2D eigenvalue weighted by molar-refractivity contribution is 9.10. The van der Waals surface area contributed by atoms with E-state index in [4.69, 9.17) is 15.1 Å². The Morgan fingerprint density at radius 3 is 2.59 bits per heavy atom. The second kappa shape index (κ2) is 4.29. The van der Waals surface area contributed by atoms with Gasteiger partial charge in [-0.2, -0.15) is 0 Å². The SMILES string of the molecule is CN(C(=O)c1cc(S(=O)(=O)Cl)c(Br)o1)C1CC1. The van der Waals surface area contributed by atoms with Crippen LogP contribution in [0.2, 0.25) is 0 Å². The van der Waals surface area contributed by atoms with Crippen LogP contribution in [0.1, 0.15) is 23.4 Å². The summed E-state index contributed by atoms with van der Waals surface area (Å²) in [7, 11) is 2.94. The Morgan fingerprint density at radius 1 is 1.59 bits per heavy atom. The smallest absolute Gasteiger partial charge is 0.289 e. The van der Waals surface area contributed by atoms with E-state index in [1.807, 2.05) is 0 Å². The topological polar surface area (TPSA) is 67.6 Å². The molecular weight excluding hydrogens is 334 g/mol. The van der Waals surface area contributed by atoms with E-state index >= 15 is 0 Å². The van der Waals surface area contributed by atoms with Gasteiger partial charge >= 0.3 is 0 Å². The molecule has 2 rings (SSSR count). The van der Waals surface area contributed by atoms with Crippen LogP contribution in [-0.4, -0.2) is 32.3 Å². The van der Waals surface area contributed by atoms with E-state index in [9.17, 15) is 13.2 Å². The van der Waals surface area contributed by atoms with Crippen LogP contribution >= 0.6 is 26.6 Å². The molecule has 0 aliphatic heterocycles. The lowest BCUT2D eigenvalue weighted by molar-refractivity contribution is 0.0752. The summed E-state index contributed by atoms with van der Waals surface area (Å²) in [5.74, 6) is -0.384. The molecule has 17 heavy (non-hydrogen) atoms. The van der Waals surface area contributed by atoms with Crippen molar-refractivity contribution in [2.75, 3.05) is 7.05 Å². The molecule has 1 saturated carbocycles. The fourth-order valence-corrected chi connectivity index (χ4v) is 3.46. The van der Waals surface area contributed by atoms with Crippen LogP contribution in [0.4, 0.5) is 0 Å². The maximum absolute atomic E-state index is 11.9. The summed E-state index contributed by atoms with van der Waals surface area (Å²) in [5.41, 5.74) is 0. The van der Waals surface area contributed by atoms with Crippen molar-refractivity contribution in [1.29, 1.82) is 0 Å². The molecule has 0 aromatic carbocycles. The summed E-state index contributed by atoms with van der Waals surface area (Å²) in [6, 6.07) is 1.36. The summed E-state index contributed by atoms with van der Waals surface area (Å²) in [4.78, 5) is 13.2. The molecule has 8 heteroatoms. The number of halogens is 2. The molecule has 1 fully saturated rings. The van der Waals surface area contributed by atoms with E-state index in [2.05, 4.69) is 15.9 Å². The molecule has 1 amide bonds. The van der Waals surface area contributed by atoms with Crippen molar-refractivity contribution in [2.24, 2.45) is 0 Å². The van der Waals surface area contributed by atoms with E-state index < -0.39 is 9.05 Å². The van der Waals surface area contributed by atoms with Gasteiger partial charge in [-0.05, 0) is 28.8 Å². The molecule has 1 aliphatic carbocycles. The fourth-order valence-electron chi connectivity index (χ4n) is 1.43. The molecule has 0 N–H and O–H groups in total. The molecule has 0 unspecified atom stereocenters. The first-order valence-corrected chi connectivity index (χ1v) is 7.92. The largest absolute Gasteiger partial charge is 0.443 e. The molecule has 1 aromatic rings. The van der Waals surface area contributed by atoms with Gasteiger partial charge in [0.25, 0.3) is 15.0 Å². The van der Waals surface area contributed by atoms with Gasteiger partial charge in [0.05, 0.1) is 0 Å². The van der Waals surface area contributed by atoms with Crippen LogP contribution < -0.4 is 0 Å². The Labute approximate surface area is 111 Å². The first-order valence-electron chi connectivity index (χ1n) is 4.82. The van der Waals surface area contributed by atoms with Crippen molar-refractivity contribution < 1.29 is 17.6 Å². The average molecular weight is 343 g/mol. The lowest BCUT2D eigenvalue weighted by Gasteiger charge is -2.13. The normalized spacial score (nSPS) is 15.9. The van der Waals surface area contributed by atoms with Crippen molar-refractivity contribution in [3.63, 3.8) is 0 Å². The highest BCUT2D eigenvalue weighted by Crippen LogP contribution is 2.31. The van der Waals surface area contributed by atoms with Gasteiger partial charge in [-0.1, -0.05) is 0 Å². The first kappa shape index (κ1) is 12.9. The molecule has 94 valence electrons. The Kier molecular flexibility index (Phi) is 3.26. The van der Waals surface area contributed by atoms with Gasteiger partial charge in [0.15, 0.2) is 10.4 Å². The van der Waals surface area contributed by atoms with E-state index in [1.54, 1.807) is 7.05 Å². The minimum absolute atomic E-state index is 0.0366. The maximum Gasteiger partial charge on any atom is 0.289 e. The van der Waals surface area contributed by atoms with Crippen LogP contribution in [0.3, 0.4) is 0 Å². The Bertz CT molecular complexity index is 564. The molecular formula is C9H9BrClNO4S. The monoisotopic (exact) mass is 341 g/mol. The number of hydrogen-bond donors (Lipinski definition) is 0. The molecule has 0 bridgehead atoms. The molecule has 0 atom stereocenters. The second-order valence-electron chi connectivity index (χ2n) is 3.83. The number of carbonyl (C=O) groups is 1. The second-order valence-corrected chi connectivity index (χ2v) is 7.09. The third-order valence-corrected chi connectivity index (χ3v) is 4.72. The van der Waals surface area contributed by atoms with Crippen molar-refractivity contribution in [3.8, 4) is 0 Å². The molecule has 1 aromatic heterocycles. The van der Waals surface area contributed by atoms with E-state index in [-0.39, 0.29) is 27.3 Å². The molecule has 0 saturated heterocycles. The van der Waals surface area contributed by atoms with Crippen LogP contribution in [0.25, 0.3) is 0 Å². The predicted molar refractivity (Wildman–Crippen MR) is 64.6 cm³/mol. The number of hydrogen-bond acceptors (Lipinski definition) is 4. The van der Waals surface area contributed by atoms with E-state index in [1.165, 1.54) is 4.90 Å². The van der Waals surface area contributed by atoms with Crippen molar-refractivity contribution >= 4 is 41.6 Å². The number of amides is 1. The first-order chi connectivity index (χ1) is 7.80. The highest BCUT2D eigenvalue weighted by Gasteiger charge is 2.32. The summed E-state index contributed by atoms with van der Waals surface area (Å²) in [5, 5.41) is 0. The molecule has 5 nitrogen and oxygen atoms in total. The lowest BCUT2D eigenvalue weighted by Crippen LogP contribution is -2.28. The van der Waals surface area contributed by atoms with Gasteiger partial charge in [-0.3, -0.25) is 4.79 Å². The number of rotatable bonds is 3. The van der Waals surface area contributed by atoms with Gasteiger partial charge in [-0.15, -0.1) is 0 Å². The van der Waals surface area contributed by atoms with E-state index in [0.29, 0.717) is 0 Å². The standard InChI is InChI=1S/C9H9BrClNO4S/c1-12(5-2-3-5)9(13)6-4-7(8(10)16-6)17(11,14)15/h4-5H,2-3H2,1H3. The minimum Gasteiger partial charge on any atom is -0.443 e. The third kappa shape index (κ3) is 2.66. The number of furan rings is 1. The van der Waals surface area contributed by atoms with Crippen LogP contribution in [0, 0.1) is 0 Å². The lowest BCUT2D eigenvalue weighted by atomic mass is 10.4. The van der Waals surface area contributed by atoms with Crippen LogP contribution in [-0.2, 0) is 9.05 Å². The Morgan fingerprint density at radius 2 is 2.18 bits per heavy atom. The zero-order valence-electron chi connectivity index (χ0n) is 8.81. The number of nitrogens with zero attached hydrogens (tertiary/aromatic N) is 1. The van der Waals surface area contributed by atoms with Gasteiger partial charge < -0.3 is 9.32 Å². The zero-order chi connectivity index (χ0) is 12.8. The summed E-state index contributed by atoms with van der Waals surface area (Å²) >= 11 is 2.92. The molecule has 0 radical (unpaired) electrons. The maximum atomic E-state index is 11.9. The Balaban J connectivity index is 2.31. The van der Waals surface area contributed by atoms with Gasteiger partial charge in [0.2, 0.25) is 0 Å². The van der Waals surface area contributed by atoms with Gasteiger partial charge in [0.1, 0.15) is 4.90 Å². The van der Waals surface area contributed by atoms with Crippen LogP contribution in [0.15, 0.2) is 20.0 Å². The minimum atomic E-state index is -3.92. The summed E-state index contributed by atoms with van der Waals surface area (Å²) in [6.45, 7) is 0. The van der Waals surface area contributed by atoms with Gasteiger partial charge in [0, 0.05) is 29.8 Å². The zero-order valence-corrected chi connectivity index (χ0v) is 12.0. The quantitative estimate of drug-likeness (QED) is 0.790. The van der Waals surface area contributed by atoms with Crippen molar-refractivity contribution in [1.82, 2.24) is 4.90 Å². The fraction of sp³-hybridized carbons (Fsp3) is 0.444. The van der Waals surface area contributed by atoms with Gasteiger partial charge in [-0.25, -0.2) is 8.42 Å². The predicted octanol–water partition coefficient (Wildman–Crippen LogP) is 2.20. The summed E-state index contributed by atoms with van der Waals surface area (Å²) in [6.07, 6.45) is 1.93. The van der Waals surface area contributed by atoms with Crippen molar-refractivity contribution in [3.05, 3.63) is 16.5 Å². The highest BCUT2D eigenvalue weighted by atomic mass is 79.9. The molecule has 0 spiro atoms. The molecule has 1 aliphatic rings. The van der Waals surface area contributed by atoms with Crippen molar-refractivity contribution in [2.45, 2.75) is 23.8 Å². The Hall–Kier alpha value is -0.530. The summed E-state index contributed by atoms with van der Waals surface area (Å²) < 4.78 is 27.3. The number of carbonyl (C=O) groups excluding carboxylic acids is 1. The van der Waals surface area contributed by atoms with Crippen LogP contribution in [0.5, 0.6) is 0 Å².